The Labute approximate surface area is 129 Å². The zero-order chi connectivity index (χ0) is 15.8. The van der Waals surface area contributed by atoms with Crippen molar-refractivity contribution in [2.75, 3.05) is 19.7 Å². The van der Waals surface area contributed by atoms with Crippen LogP contribution >= 0.6 is 11.6 Å². The Morgan fingerprint density at radius 1 is 1.29 bits per heavy atom. The molecule has 1 aromatic rings. The van der Waals surface area contributed by atoms with Crippen molar-refractivity contribution in [3.05, 3.63) is 28.8 Å². The summed E-state index contributed by atoms with van der Waals surface area (Å²) >= 11 is 5.94. The molecule has 0 saturated carbocycles. The zero-order valence-electron chi connectivity index (χ0n) is 12.3. The summed E-state index contributed by atoms with van der Waals surface area (Å²) in [5, 5.41) is 9.33. The molecule has 116 valence electrons. The fourth-order valence-corrected chi connectivity index (χ4v) is 2.04. The number of rotatable bonds is 8. The van der Waals surface area contributed by atoms with E-state index in [1.807, 2.05) is 13.8 Å². The van der Waals surface area contributed by atoms with E-state index in [4.69, 9.17) is 21.4 Å². The molecule has 0 bridgehead atoms. The van der Waals surface area contributed by atoms with Gasteiger partial charge in [-0.15, -0.1) is 0 Å². The van der Waals surface area contributed by atoms with E-state index in [2.05, 4.69) is 0 Å². The molecule has 0 aliphatic rings. The molecule has 1 rings (SSSR count). The molecule has 0 aromatic heterocycles. The van der Waals surface area contributed by atoms with Crippen molar-refractivity contribution >= 4 is 23.5 Å². The van der Waals surface area contributed by atoms with Gasteiger partial charge in [0.25, 0.3) is 5.91 Å². The van der Waals surface area contributed by atoms with E-state index in [-0.39, 0.29) is 12.5 Å². The highest BCUT2D eigenvalue weighted by Crippen LogP contribution is 2.24. The highest BCUT2D eigenvalue weighted by molar-refractivity contribution is 6.31. The number of halogens is 1. The SMILES string of the molecule is CCCOc1ccc(Cl)cc1C(=O)N(CCC)CC(=O)O. The summed E-state index contributed by atoms with van der Waals surface area (Å²) in [4.78, 5) is 24.7. The second-order valence-corrected chi connectivity index (χ2v) is 5.05. The highest BCUT2D eigenvalue weighted by atomic mass is 35.5. The second kappa shape index (κ2) is 8.52. The van der Waals surface area contributed by atoms with Crippen molar-refractivity contribution in [1.29, 1.82) is 0 Å². The Morgan fingerprint density at radius 3 is 2.57 bits per heavy atom. The van der Waals surface area contributed by atoms with Crippen LogP contribution in [0.25, 0.3) is 0 Å². The number of carbonyl (C=O) groups is 2. The van der Waals surface area contributed by atoms with Gasteiger partial charge in [0.05, 0.1) is 12.2 Å². The van der Waals surface area contributed by atoms with Crippen LogP contribution in [-0.2, 0) is 4.79 Å². The lowest BCUT2D eigenvalue weighted by Crippen LogP contribution is -2.36. The molecule has 1 N–H and O–H groups in total. The third kappa shape index (κ3) is 5.27. The average molecular weight is 314 g/mol. The largest absolute Gasteiger partial charge is 0.493 e. The molecule has 5 nitrogen and oxygen atoms in total. The van der Waals surface area contributed by atoms with Crippen LogP contribution in [-0.4, -0.2) is 41.6 Å². The summed E-state index contributed by atoms with van der Waals surface area (Å²) < 4.78 is 5.54. The van der Waals surface area contributed by atoms with Gasteiger partial charge in [-0.05, 0) is 31.0 Å². The van der Waals surface area contributed by atoms with Crippen LogP contribution in [0.2, 0.25) is 5.02 Å². The number of amides is 1. The Hall–Kier alpha value is -1.75. The van der Waals surface area contributed by atoms with Gasteiger partial charge in [-0.3, -0.25) is 9.59 Å². The lowest BCUT2D eigenvalue weighted by atomic mass is 10.1. The molecular weight excluding hydrogens is 294 g/mol. The Bertz CT molecular complexity index is 504. The van der Waals surface area contributed by atoms with Crippen LogP contribution in [0.15, 0.2) is 18.2 Å². The maximum Gasteiger partial charge on any atom is 0.323 e. The van der Waals surface area contributed by atoms with Crippen LogP contribution in [0, 0.1) is 0 Å². The van der Waals surface area contributed by atoms with Gasteiger partial charge in [-0.2, -0.15) is 0 Å². The summed E-state index contributed by atoms with van der Waals surface area (Å²) in [5.74, 6) is -1.000. The van der Waals surface area contributed by atoms with Gasteiger partial charge in [-0.1, -0.05) is 25.4 Å². The minimum Gasteiger partial charge on any atom is -0.493 e. The van der Waals surface area contributed by atoms with Gasteiger partial charge < -0.3 is 14.7 Å². The molecule has 0 spiro atoms. The molecular formula is C15H20ClNO4. The van der Waals surface area contributed by atoms with Gasteiger partial charge in [-0.25, -0.2) is 0 Å². The van der Waals surface area contributed by atoms with Crippen LogP contribution in [0.4, 0.5) is 0 Å². The minimum atomic E-state index is -1.05. The molecule has 0 fully saturated rings. The summed E-state index contributed by atoms with van der Waals surface area (Å²) in [6.07, 6.45) is 1.48. The highest BCUT2D eigenvalue weighted by Gasteiger charge is 2.21. The van der Waals surface area contributed by atoms with Crippen molar-refractivity contribution in [3.63, 3.8) is 0 Å². The third-order valence-corrected chi connectivity index (χ3v) is 2.98. The molecule has 0 radical (unpaired) electrons. The number of ether oxygens (including phenoxy) is 1. The van der Waals surface area contributed by atoms with E-state index in [1.54, 1.807) is 12.1 Å². The molecule has 0 heterocycles. The fraction of sp³-hybridized carbons (Fsp3) is 0.467. The summed E-state index contributed by atoms with van der Waals surface area (Å²) in [7, 11) is 0. The minimum absolute atomic E-state index is 0.297. The Morgan fingerprint density at radius 2 is 2.00 bits per heavy atom. The van der Waals surface area contributed by atoms with Gasteiger partial charge in [0, 0.05) is 11.6 Å². The van der Waals surface area contributed by atoms with Crippen LogP contribution in [0.1, 0.15) is 37.0 Å². The summed E-state index contributed by atoms with van der Waals surface area (Å²) in [5.41, 5.74) is 0.297. The Kier molecular flexibility index (Phi) is 7.02. The first-order chi connectivity index (χ1) is 9.99. The van der Waals surface area contributed by atoms with Gasteiger partial charge in [0.15, 0.2) is 0 Å². The first kappa shape index (κ1) is 17.3. The average Bonchev–Trinajstić information content (AvgIpc) is 2.44. The van der Waals surface area contributed by atoms with E-state index >= 15 is 0 Å². The van der Waals surface area contributed by atoms with E-state index in [9.17, 15) is 9.59 Å². The number of benzene rings is 1. The van der Waals surface area contributed by atoms with Crippen molar-refractivity contribution in [2.24, 2.45) is 0 Å². The topological polar surface area (TPSA) is 66.8 Å². The first-order valence-electron chi connectivity index (χ1n) is 6.93. The number of hydrogen-bond acceptors (Lipinski definition) is 3. The van der Waals surface area contributed by atoms with E-state index in [0.717, 1.165) is 6.42 Å². The molecule has 0 aliphatic carbocycles. The number of hydrogen-bond donors (Lipinski definition) is 1. The third-order valence-electron chi connectivity index (χ3n) is 2.74. The smallest absolute Gasteiger partial charge is 0.323 e. The molecule has 0 aliphatic heterocycles. The van der Waals surface area contributed by atoms with E-state index in [1.165, 1.54) is 11.0 Å². The van der Waals surface area contributed by atoms with Crippen LogP contribution in [0.5, 0.6) is 5.75 Å². The molecule has 1 amide bonds. The number of carbonyl (C=O) groups excluding carboxylic acids is 1. The van der Waals surface area contributed by atoms with Crippen molar-refractivity contribution < 1.29 is 19.4 Å². The van der Waals surface area contributed by atoms with Crippen molar-refractivity contribution in [3.8, 4) is 5.75 Å². The summed E-state index contributed by atoms with van der Waals surface area (Å²) in [6.45, 7) is 4.35. The predicted octanol–water partition coefficient (Wildman–Crippen LogP) is 3.07. The lowest BCUT2D eigenvalue weighted by molar-refractivity contribution is -0.137. The number of carboxylic acids is 1. The van der Waals surface area contributed by atoms with E-state index in [0.29, 0.717) is 35.9 Å². The zero-order valence-corrected chi connectivity index (χ0v) is 13.0. The number of nitrogens with zero attached hydrogens (tertiary/aromatic N) is 1. The Balaban J connectivity index is 3.06. The quantitative estimate of drug-likeness (QED) is 0.801. The fourth-order valence-electron chi connectivity index (χ4n) is 1.86. The van der Waals surface area contributed by atoms with Gasteiger partial charge in [0.1, 0.15) is 12.3 Å². The number of aliphatic carboxylic acids is 1. The van der Waals surface area contributed by atoms with E-state index < -0.39 is 5.97 Å². The monoisotopic (exact) mass is 313 g/mol. The molecule has 0 unspecified atom stereocenters. The first-order valence-corrected chi connectivity index (χ1v) is 7.30. The van der Waals surface area contributed by atoms with Gasteiger partial charge in [0.2, 0.25) is 0 Å². The van der Waals surface area contributed by atoms with Crippen LogP contribution < -0.4 is 4.74 Å². The van der Waals surface area contributed by atoms with Crippen molar-refractivity contribution in [2.45, 2.75) is 26.7 Å². The van der Waals surface area contributed by atoms with Crippen LogP contribution in [0.3, 0.4) is 0 Å². The molecule has 0 atom stereocenters. The predicted molar refractivity (Wildman–Crippen MR) is 81.1 cm³/mol. The summed E-state index contributed by atoms with van der Waals surface area (Å²) in [6, 6.07) is 4.79. The lowest BCUT2D eigenvalue weighted by Gasteiger charge is -2.21. The van der Waals surface area contributed by atoms with Crippen molar-refractivity contribution in [1.82, 2.24) is 4.90 Å². The molecule has 1 aromatic carbocycles. The maximum absolute atomic E-state index is 12.5. The second-order valence-electron chi connectivity index (χ2n) is 4.61. The standard InChI is InChI=1S/C15H20ClNO4/c1-3-7-17(10-14(18)19)15(20)12-9-11(16)5-6-13(12)21-8-4-2/h5-6,9H,3-4,7-8,10H2,1-2H3,(H,18,19). The normalized spacial score (nSPS) is 10.2. The maximum atomic E-state index is 12.5. The molecule has 6 heteroatoms. The molecule has 21 heavy (non-hydrogen) atoms. The molecule has 0 saturated heterocycles. The number of carboxylic acid groups (broad SMARTS) is 1. The van der Waals surface area contributed by atoms with Gasteiger partial charge >= 0.3 is 5.97 Å².